The summed E-state index contributed by atoms with van der Waals surface area (Å²) in [5, 5.41) is 3.46. The number of hydrogen-bond donors (Lipinski definition) is 1. The average molecular weight is 216 g/mol. The van der Waals surface area contributed by atoms with Gasteiger partial charge in [-0.15, -0.1) is 0 Å². The first-order valence-electron chi connectivity index (χ1n) is 5.14. The summed E-state index contributed by atoms with van der Waals surface area (Å²) in [4.78, 5) is 14.0. The van der Waals surface area contributed by atoms with Crippen molar-refractivity contribution in [3.05, 3.63) is 0 Å². The number of nitrogens with zero attached hydrogens (tertiary/aromatic N) is 1. The fourth-order valence-corrected chi connectivity index (χ4v) is 2.04. The molecule has 0 bridgehead atoms. The zero-order valence-corrected chi connectivity index (χ0v) is 10.2. The Hall–Kier alpha value is -0.220. The Labute approximate surface area is 90.6 Å². The molecule has 1 amide bonds. The van der Waals surface area contributed by atoms with Crippen LogP contribution in [0.5, 0.6) is 0 Å². The van der Waals surface area contributed by atoms with Crippen LogP contribution in [0.1, 0.15) is 20.8 Å². The lowest BCUT2D eigenvalue weighted by Gasteiger charge is -2.39. The number of rotatable bonds is 2. The Morgan fingerprint density at radius 3 is 2.79 bits per heavy atom. The molecule has 0 aliphatic carbocycles. The highest BCUT2D eigenvalue weighted by atomic mass is 32.2. The van der Waals surface area contributed by atoms with Crippen LogP contribution >= 0.6 is 11.8 Å². The predicted octanol–water partition coefficient (Wildman–Crippen LogP) is 0.947. The largest absolute Gasteiger partial charge is 0.336 e. The monoisotopic (exact) mass is 216 g/mol. The molecule has 3 unspecified atom stereocenters. The van der Waals surface area contributed by atoms with E-state index in [1.54, 1.807) is 11.8 Å². The minimum Gasteiger partial charge on any atom is -0.336 e. The summed E-state index contributed by atoms with van der Waals surface area (Å²) in [5.41, 5.74) is 0. The Bertz CT molecular complexity index is 210. The molecule has 82 valence electrons. The molecule has 1 N–H and O–H groups in total. The zero-order chi connectivity index (χ0) is 10.7. The molecule has 3 atom stereocenters. The molecule has 0 radical (unpaired) electrons. The quantitative estimate of drug-likeness (QED) is 0.746. The van der Waals surface area contributed by atoms with Crippen LogP contribution in [0.3, 0.4) is 0 Å². The molecule has 0 aromatic heterocycles. The van der Waals surface area contributed by atoms with E-state index in [4.69, 9.17) is 0 Å². The minimum absolute atomic E-state index is 0.0859. The van der Waals surface area contributed by atoms with Crippen molar-refractivity contribution in [2.75, 3.05) is 19.3 Å². The molecule has 1 heterocycles. The van der Waals surface area contributed by atoms with Crippen LogP contribution in [-0.2, 0) is 4.79 Å². The van der Waals surface area contributed by atoms with Crippen molar-refractivity contribution >= 4 is 17.7 Å². The van der Waals surface area contributed by atoms with Gasteiger partial charge in [-0.3, -0.25) is 4.79 Å². The van der Waals surface area contributed by atoms with E-state index in [-0.39, 0.29) is 11.2 Å². The van der Waals surface area contributed by atoms with Crippen molar-refractivity contribution in [1.82, 2.24) is 10.2 Å². The Morgan fingerprint density at radius 1 is 1.57 bits per heavy atom. The van der Waals surface area contributed by atoms with Crippen molar-refractivity contribution in [3.63, 3.8) is 0 Å². The normalized spacial score (nSPS) is 30.1. The summed E-state index contributed by atoms with van der Waals surface area (Å²) in [6.45, 7) is 7.98. The van der Waals surface area contributed by atoms with Gasteiger partial charge in [0.1, 0.15) is 0 Å². The molecule has 1 saturated heterocycles. The number of amides is 1. The zero-order valence-electron chi connectivity index (χ0n) is 9.41. The van der Waals surface area contributed by atoms with Crippen molar-refractivity contribution in [3.8, 4) is 0 Å². The van der Waals surface area contributed by atoms with E-state index in [0.29, 0.717) is 12.1 Å². The summed E-state index contributed by atoms with van der Waals surface area (Å²) >= 11 is 1.62. The fourth-order valence-electron chi connectivity index (χ4n) is 1.70. The van der Waals surface area contributed by atoms with E-state index in [9.17, 15) is 4.79 Å². The van der Waals surface area contributed by atoms with Gasteiger partial charge in [-0.1, -0.05) is 0 Å². The van der Waals surface area contributed by atoms with Crippen LogP contribution in [0, 0.1) is 0 Å². The van der Waals surface area contributed by atoms with Crippen LogP contribution in [-0.4, -0.2) is 47.5 Å². The predicted molar refractivity (Wildman–Crippen MR) is 61.6 cm³/mol. The number of carbonyl (C=O) groups is 1. The lowest BCUT2D eigenvalue weighted by Crippen LogP contribution is -2.58. The van der Waals surface area contributed by atoms with Gasteiger partial charge in [0, 0.05) is 25.2 Å². The second-order valence-corrected chi connectivity index (χ2v) is 5.07. The van der Waals surface area contributed by atoms with Gasteiger partial charge in [0.25, 0.3) is 0 Å². The second-order valence-electron chi connectivity index (χ2n) is 3.89. The Balaban J connectivity index is 2.62. The number of nitrogens with one attached hydrogen (secondary N) is 1. The van der Waals surface area contributed by atoms with Crippen molar-refractivity contribution in [2.24, 2.45) is 0 Å². The van der Waals surface area contributed by atoms with Gasteiger partial charge in [0.05, 0.1) is 5.25 Å². The summed E-state index contributed by atoms with van der Waals surface area (Å²) in [5.74, 6) is 0.276. The van der Waals surface area contributed by atoms with E-state index >= 15 is 0 Å². The number of carbonyl (C=O) groups excluding carboxylic acids is 1. The summed E-state index contributed by atoms with van der Waals surface area (Å²) < 4.78 is 0. The molecule has 1 rings (SSSR count). The van der Waals surface area contributed by atoms with Crippen LogP contribution in [0.4, 0.5) is 0 Å². The lowest BCUT2D eigenvalue weighted by atomic mass is 10.1. The van der Waals surface area contributed by atoms with Gasteiger partial charge in [0.2, 0.25) is 5.91 Å². The topological polar surface area (TPSA) is 32.3 Å². The number of thioether (sulfide) groups is 1. The van der Waals surface area contributed by atoms with Crippen molar-refractivity contribution in [1.29, 1.82) is 0 Å². The third kappa shape index (κ3) is 2.42. The molecule has 0 aromatic rings. The van der Waals surface area contributed by atoms with E-state index in [1.807, 2.05) is 18.1 Å². The van der Waals surface area contributed by atoms with Crippen molar-refractivity contribution < 1.29 is 4.79 Å². The van der Waals surface area contributed by atoms with E-state index in [2.05, 4.69) is 19.2 Å². The highest BCUT2D eigenvalue weighted by molar-refractivity contribution is 7.99. The standard InChI is InChI=1S/C10H20N2OS/c1-7-8(2)12(6-5-11-7)10(13)9(3)14-4/h7-9,11H,5-6H2,1-4H3. The first kappa shape index (κ1) is 11.9. The SMILES string of the molecule is CSC(C)C(=O)N1CCNC(C)C1C. The smallest absolute Gasteiger partial charge is 0.235 e. The molecule has 0 spiro atoms. The van der Waals surface area contributed by atoms with Gasteiger partial charge in [0.15, 0.2) is 0 Å². The van der Waals surface area contributed by atoms with Crippen LogP contribution < -0.4 is 5.32 Å². The molecule has 1 aliphatic heterocycles. The van der Waals surface area contributed by atoms with Gasteiger partial charge >= 0.3 is 0 Å². The molecular formula is C10H20N2OS. The highest BCUT2D eigenvalue weighted by Crippen LogP contribution is 2.15. The number of piperazine rings is 1. The molecule has 1 aliphatic rings. The maximum absolute atomic E-state index is 12.0. The minimum atomic E-state index is 0.0859. The summed E-state index contributed by atoms with van der Waals surface area (Å²) in [6.07, 6.45) is 1.98. The lowest BCUT2D eigenvalue weighted by molar-refractivity contribution is -0.133. The molecule has 14 heavy (non-hydrogen) atoms. The molecule has 4 heteroatoms. The maximum atomic E-state index is 12.0. The third-order valence-electron chi connectivity index (χ3n) is 3.02. The van der Waals surface area contributed by atoms with E-state index in [0.717, 1.165) is 13.1 Å². The van der Waals surface area contributed by atoms with Crippen LogP contribution in [0.2, 0.25) is 0 Å². The Kier molecular flexibility index (Phi) is 4.26. The molecule has 1 fully saturated rings. The molecular weight excluding hydrogens is 196 g/mol. The Morgan fingerprint density at radius 2 is 2.21 bits per heavy atom. The van der Waals surface area contributed by atoms with Crippen LogP contribution in [0.15, 0.2) is 0 Å². The average Bonchev–Trinajstić information content (AvgIpc) is 2.20. The second kappa shape index (κ2) is 5.03. The molecule has 0 aromatic carbocycles. The van der Waals surface area contributed by atoms with Crippen LogP contribution in [0.25, 0.3) is 0 Å². The first-order valence-corrected chi connectivity index (χ1v) is 6.43. The van der Waals surface area contributed by atoms with Gasteiger partial charge in [-0.2, -0.15) is 11.8 Å². The van der Waals surface area contributed by atoms with E-state index < -0.39 is 0 Å². The molecule has 3 nitrogen and oxygen atoms in total. The fraction of sp³-hybridized carbons (Fsp3) is 0.900. The van der Waals surface area contributed by atoms with Crippen molar-refractivity contribution in [2.45, 2.75) is 38.1 Å². The maximum Gasteiger partial charge on any atom is 0.235 e. The summed E-state index contributed by atoms with van der Waals surface area (Å²) in [7, 11) is 0. The number of hydrogen-bond acceptors (Lipinski definition) is 3. The van der Waals surface area contributed by atoms with Gasteiger partial charge in [-0.05, 0) is 27.0 Å². The van der Waals surface area contributed by atoms with E-state index in [1.165, 1.54) is 0 Å². The first-order chi connectivity index (χ1) is 6.57. The molecule has 0 saturated carbocycles. The van der Waals surface area contributed by atoms with Gasteiger partial charge in [-0.25, -0.2) is 0 Å². The summed E-state index contributed by atoms with van der Waals surface area (Å²) in [6, 6.07) is 0.715. The highest BCUT2D eigenvalue weighted by Gasteiger charge is 2.30. The third-order valence-corrected chi connectivity index (χ3v) is 3.93. The van der Waals surface area contributed by atoms with Gasteiger partial charge < -0.3 is 10.2 Å².